The number of ether oxygens (including phenoxy) is 2. The van der Waals surface area contributed by atoms with Crippen molar-refractivity contribution < 1.29 is 18.7 Å². The summed E-state index contributed by atoms with van der Waals surface area (Å²) < 4.78 is 24.4. The molecule has 1 heterocycles. The fourth-order valence-corrected chi connectivity index (χ4v) is 4.05. The van der Waals surface area contributed by atoms with Gasteiger partial charge in [-0.3, -0.25) is 0 Å². The maximum absolute atomic E-state index is 13.4. The van der Waals surface area contributed by atoms with Gasteiger partial charge in [-0.15, -0.1) is 0 Å². The molecule has 24 heavy (non-hydrogen) atoms. The van der Waals surface area contributed by atoms with Crippen LogP contribution >= 0.6 is 0 Å². The SMILES string of the molecule is COc1ccc(F)cc1CNC(=O)N(C)C[C@]12CCC[C@H]1OCC2. The minimum absolute atomic E-state index is 0.114. The van der Waals surface area contributed by atoms with Gasteiger partial charge in [-0.2, -0.15) is 0 Å². The van der Waals surface area contributed by atoms with Crippen LogP contribution < -0.4 is 10.1 Å². The Labute approximate surface area is 142 Å². The molecule has 2 amide bonds. The Bertz CT molecular complexity index is 598. The highest BCUT2D eigenvalue weighted by atomic mass is 19.1. The number of benzene rings is 1. The fourth-order valence-electron chi connectivity index (χ4n) is 4.05. The summed E-state index contributed by atoms with van der Waals surface area (Å²) in [7, 11) is 3.34. The lowest BCUT2D eigenvalue weighted by Gasteiger charge is -2.32. The predicted octanol–water partition coefficient (Wildman–Crippen LogP) is 2.93. The number of hydrogen-bond donors (Lipinski definition) is 1. The molecule has 132 valence electrons. The second kappa shape index (κ2) is 6.97. The maximum Gasteiger partial charge on any atom is 0.317 e. The monoisotopic (exact) mass is 336 g/mol. The summed E-state index contributed by atoms with van der Waals surface area (Å²) in [5.41, 5.74) is 0.739. The molecule has 0 spiro atoms. The van der Waals surface area contributed by atoms with Crippen molar-refractivity contribution in [3.8, 4) is 5.75 Å². The van der Waals surface area contributed by atoms with Gasteiger partial charge in [0.05, 0.1) is 13.2 Å². The molecule has 1 aliphatic carbocycles. The van der Waals surface area contributed by atoms with E-state index in [1.165, 1.54) is 25.7 Å². The molecule has 3 rings (SSSR count). The van der Waals surface area contributed by atoms with E-state index in [0.717, 1.165) is 25.9 Å². The number of fused-ring (bicyclic) bond motifs is 1. The van der Waals surface area contributed by atoms with Crippen molar-refractivity contribution in [1.29, 1.82) is 0 Å². The van der Waals surface area contributed by atoms with Gasteiger partial charge in [-0.05, 0) is 37.5 Å². The molecule has 0 radical (unpaired) electrons. The van der Waals surface area contributed by atoms with Crippen molar-refractivity contribution in [2.24, 2.45) is 5.41 Å². The normalized spacial score (nSPS) is 25.4. The van der Waals surface area contributed by atoms with E-state index in [4.69, 9.17) is 9.47 Å². The molecule has 2 aliphatic rings. The first-order valence-corrected chi connectivity index (χ1v) is 8.47. The van der Waals surface area contributed by atoms with Gasteiger partial charge >= 0.3 is 6.03 Å². The molecule has 0 aromatic heterocycles. The van der Waals surface area contributed by atoms with Gasteiger partial charge in [0.2, 0.25) is 0 Å². The Morgan fingerprint density at radius 2 is 2.33 bits per heavy atom. The third-order valence-electron chi connectivity index (χ3n) is 5.31. The number of methoxy groups -OCH3 is 1. The van der Waals surface area contributed by atoms with Crippen LogP contribution in [0.15, 0.2) is 18.2 Å². The van der Waals surface area contributed by atoms with E-state index in [1.807, 2.05) is 0 Å². The largest absolute Gasteiger partial charge is 0.496 e. The van der Waals surface area contributed by atoms with Crippen LogP contribution in [0.5, 0.6) is 5.75 Å². The summed E-state index contributed by atoms with van der Waals surface area (Å²) in [5, 5.41) is 2.85. The predicted molar refractivity (Wildman–Crippen MR) is 88.5 cm³/mol. The number of rotatable bonds is 5. The Morgan fingerprint density at radius 1 is 1.50 bits per heavy atom. The van der Waals surface area contributed by atoms with E-state index in [1.54, 1.807) is 18.0 Å². The zero-order chi connectivity index (χ0) is 17.2. The van der Waals surface area contributed by atoms with E-state index in [9.17, 15) is 9.18 Å². The number of nitrogens with zero attached hydrogens (tertiary/aromatic N) is 1. The van der Waals surface area contributed by atoms with E-state index < -0.39 is 0 Å². The van der Waals surface area contributed by atoms with Crippen molar-refractivity contribution in [3.05, 3.63) is 29.6 Å². The minimum atomic E-state index is -0.343. The van der Waals surface area contributed by atoms with Crippen molar-refractivity contribution in [3.63, 3.8) is 0 Å². The van der Waals surface area contributed by atoms with E-state index in [2.05, 4.69) is 5.32 Å². The van der Waals surface area contributed by atoms with Gasteiger partial charge in [-0.25, -0.2) is 9.18 Å². The number of nitrogens with one attached hydrogen (secondary N) is 1. The number of urea groups is 1. The zero-order valence-corrected chi connectivity index (χ0v) is 14.3. The van der Waals surface area contributed by atoms with Crippen LogP contribution in [-0.2, 0) is 11.3 Å². The average molecular weight is 336 g/mol. The van der Waals surface area contributed by atoms with Crippen molar-refractivity contribution >= 4 is 6.03 Å². The smallest absolute Gasteiger partial charge is 0.317 e. The van der Waals surface area contributed by atoms with Gasteiger partial charge in [0.25, 0.3) is 0 Å². The molecule has 0 unspecified atom stereocenters. The average Bonchev–Trinajstić information content (AvgIpc) is 3.12. The summed E-state index contributed by atoms with van der Waals surface area (Å²) in [6.07, 6.45) is 4.69. The second-order valence-electron chi connectivity index (χ2n) is 6.83. The van der Waals surface area contributed by atoms with Crippen LogP contribution in [0.3, 0.4) is 0 Å². The standard InChI is InChI=1S/C18H25FN2O3/c1-21(12-18-7-3-4-16(18)24-9-8-18)17(22)20-11-13-10-14(19)5-6-15(13)23-2/h5-6,10,16H,3-4,7-9,11-12H2,1-2H3,(H,20,22)/t16-,18-/m1/s1. The van der Waals surface area contributed by atoms with Crippen molar-refractivity contribution in [2.75, 3.05) is 27.3 Å². The summed E-state index contributed by atoms with van der Waals surface area (Å²) >= 11 is 0. The van der Waals surface area contributed by atoms with Gasteiger partial charge in [0, 0.05) is 37.7 Å². The first-order chi connectivity index (χ1) is 11.5. The third-order valence-corrected chi connectivity index (χ3v) is 5.31. The number of carbonyl (C=O) groups excluding carboxylic acids is 1. The van der Waals surface area contributed by atoms with Crippen molar-refractivity contribution in [1.82, 2.24) is 10.2 Å². The molecule has 0 bridgehead atoms. The quantitative estimate of drug-likeness (QED) is 0.899. The fraction of sp³-hybridized carbons (Fsp3) is 0.611. The molecule has 1 saturated heterocycles. The lowest BCUT2D eigenvalue weighted by Crippen LogP contribution is -2.45. The topological polar surface area (TPSA) is 50.8 Å². The van der Waals surface area contributed by atoms with Crippen molar-refractivity contribution in [2.45, 2.75) is 38.3 Å². The zero-order valence-electron chi connectivity index (χ0n) is 14.3. The molecule has 2 fully saturated rings. The molecule has 5 nitrogen and oxygen atoms in total. The molecule has 1 N–H and O–H groups in total. The Hall–Kier alpha value is -1.82. The van der Waals surface area contributed by atoms with E-state index in [0.29, 0.717) is 17.9 Å². The number of hydrogen-bond acceptors (Lipinski definition) is 3. The second-order valence-corrected chi connectivity index (χ2v) is 6.83. The molecule has 1 aliphatic heterocycles. The molecular weight excluding hydrogens is 311 g/mol. The number of carbonyl (C=O) groups is 1. The van der Waals surface area contributed by atoms with Crippen LogP contribution in [0.25, 0.3) is 0 Å². The van der Waals surface area contributed by atoms with Crippen LogP contribution in [0.2, 0.25) is 0 Å². The highest BCUT2D eigenvalue weighted by molar-refractivity contribution is 5.74. The van der Waals surface area contributed by atoms with Crippen LogP contribution in [-0.4, -0.2) is 44.3 Å². The van der Waals surface area contributed by atoms with Crippen LogP contribution in [0, 0.1) is 11.2 Å². The summed E-state index contributed by atoms with van der Waals surface area (Å²) in [4.78, 5) is 14.1. The highest BCUT2D eigenvalue weighted by Crippen LogP contribution is 2.47. The summed E-state index contributed by atoms with van der Waals surface area (Å²) in [6, 6.07) is 4.14. The first kappa shape index (κ1) is 17.0. The van der Waals surface area contributed by atoms with Gasteiger partial charge in [0.15, 0.2) is 0 Å². The molecule has 6 heteroatoms. The van der Waals surface area contributed by atoms with E-state index >= 15 is 0 Å². The van der Waals surface area contributed by atoms with Gasteiger partial charge < -0.3 is 19.7 Å². The molecule has 1 saturated carbocycles. The van der Waals surface area contributed by atoms with E-state index in [-0.39, 0.29) is 29.9 Å². The van der Waals surface area contributed by atoms with Gasteiger partial charge in [-0.1, -0.05) is 6.42 Å². The summed E-state index contributed by atoms with van der Waals surface area (Å²) in [6.45, 7) is 1.72. The van der Waals surface area contributed by atoms with Crippen LogP contribution in [0.1, 0.15) is 31.2 Å². The van der Waals surface area contributed by atoms with Gasteiger partial charge in [0.1, 0.15) is 11.6 Å². The number of amides is 2. The third kappa shape index (κ3) is 3.34. The Morgan fingerprint density at radius 3 is 3.12 bits per heavy atom. The molecule has 1 aromatic carbocycles. The Balaban J connectivity index is 1.58. The highest BCUT2D eigenvalue weighted by Gasteiger charge is 2.48. The molecule has 2 atom stereocenters. The molecule has 1 aromatic rings. The lowest BCUT2D eigenvalue weighted by atomic mass is 9.82. The van der Waals surface area contributed by atoms with Crippen LogP contribution in [0.4, 0.5) is 9.18 Å². The molecular formula is C18H25FN2O3. The Kier molecular flexibility index (Phi) is 4.94. The summed E-state index contributed by atoms with van der Waals surface area (Å²) in [5.74, 6) is 0.224. The minimum Gasteiger partial charge on any atom is -0.496 e. The number of halogens is 1. The lowest BCUT2D eigenvalue weighted by molar-refractivity contribution is 0.0585. The first-order valence-electron chi connectivity index (χ1n) is 8.47. The maximum atomic E-state index is 13.4.